The first kappa shape index (κ1) is 16.8. The summed E-state index contributed by atoms with van der Waals surface area (Å²) in [6, 6.07) is 1.67. The van der Waals surface area contributed by atoms with Crippen LogP contribution >= 0.6 is 11.3 Å². The van der Waals surface area contributed by atoms with Crippen LogP contribution in [0.2, 0.25) is 0 Å². The number of sulfonamides is 1. The molecule has 2 aromatic heterocycles. The summed E-state index contributed by atoms with van der Waals surface area (Å²) in [4.78, 5) is 0. The van der Waals surface area contributed by atoms with E-state index in [0.717, 1.165) is 11.3 Å². The van der Waals surface area contributed by atoms with Crippen LogP contribution in [0.5, 0.6) is 5.75 Å². The topological polar surface area (TPSA) is 64.4 Å². The van der Waals surface area contributed by atoms with Crippen LogP contribution in [0.25, 0.3) is 0 Å². The first-order chi connectivity index (χ1) is 10.4. The molecule has 0 aliphatic rings. The normalized spacial score (nSPS) is 11.9. The Bertz CT molecular complexity index is 719. The summed E-state index contributed by atoms with van der Waals surface area (Å²) in [7, 11) is -2.19. The molecule has 0 spiro atoms. The van der Waals surface area contributed by atoms with Gasteiger partial charge in [-0.05, 0) is 24.3 Å². The molecular formula is C14H21N3O3S2. The standard InChI is InChI=1S/C14H21N3O3S2/c1-5-16-10-12(8-15-16)17(9-11(2)3)22(18,19)14-13(20-4)6-7-21-14/h6-8,10-11H,5,9H2,1-4H3. The highest BCUT2D eigenvalue weighted by atomic mass is 32.2. The monoisotopic (exact) mass is 343 g/mol. The molecule has 8 heteroatoms. The molecule has 6 nitrogen and oxygen atoms in total. The number of ether oxygens (including phenoxy) is 1. The lowest BCUT2D eigenvalue weighted by Crippen LogP contribution is -2.33. The average molecular weight is 343 g/mol. The Balaban J connectivity index is 2.48. The number of aryl methyl sites for hydroxylation is 1. The Morgan fingerprint density at radius 1 is 1.45 bits per heavy atom. The van der Waals surface area contributed by atoms with Crippen molar-refractivity contribution in [2.24, 2.45) is 5.92 Å². The van der Waals surface area contributed by atoms with Gasteiger partial charge in [0.15, 0.2) is 4.21 Å². The summed E-state index contributed by atoms with van der Waals surface area (Å²) in [5, 5.41) is 5.90. The zero-order valence-corrected chi connectivity index (χ0v) is 14.8. The summed E-state index contributed by atoms with van der Waals surface area (Å²) in [6.45, 7) is 7.01. The van der Waals surface area contributed by atoms with Gasteiger partial charge in [0.1, 0.15) is 5.75 Å². The Labute approximate surface area is 135 Å². The molecule has 0 bridgehead atoms. The van der Waals surface area contributed by atoms with Crippen molar-refractivity contribution in [3.05, 3.63) is 23.8 Å². The van der Waals surface area contributed by atoms with E-state index in [0.29, 0.717) is 24.5 Å². The van der Waals surface area contributed by atoms with Crippen LogP contribution in [0.1, 0.15) is 20.8 Å². The van der Waals surface area contributed by atoms with Crippen molar-refractivity contribution in [3.8, 4) is 5.75 Å². The van der Waals surface area contributed by atoms with Crippen LogP contribution in [-0.2, 0) is 16.6 Å². The molecule has 2 rings (SSSR count). The lowest BCUT2D eigenvalue weighted by molar-refractivity contribution is 0.406. The number of anilines is 1. The Hall–Kier alpha value is -1.54. The van der Waals surface area contributed by atoms with Gasteiger partial charge in [-0.15, -0.1) is 11.3 Å². The predicted molar refractivity (Wildman–Crippen MR) is 88.1 cm³/mol. The maximum absolute atomic E-state index is 13.0. The Morgan fingerprint density at radius 2 is 2.18 bits per heavy atom. The van der Waals surface area contributed by atoms with Crippen molar-refractivity contribution in [1.29, 1.82) is 0 Å². The lowest BCUT2D eigenvalue weighted by Gasteiger charge is -2.24. The van der Waals surface area contributed by atoms with Crippen LogP contribution < -0.4 is 9.04 Å². The molecular weight excluding hydrogens is 322 g/mol. The van der Waals surface area contributed by atoms with E-state index in [4.69, 9.17) is 4.74 Å². The van der Waals surface area contributed by atoms with E-state index in [-0.39, 0.29) is 10.1 Å². The van der Waals surface area contributed by atoms with Gasteiger partial charge in [-0.25, -0.2) is 8.42 Å². The molecule has 0 fully saturated rings. The number of methoxy groups -OCH3 is 1. The lowest BCUT2D eigenvalue weighted by atomic mass is 10.2. The van der Waals surface area contributed by atoms with Crippen LogP contribution in [0.15, 0.2) is 28.0 Å². The van der Waals surface area contributed by atoms with Gasteiger partial charge >= 0.3 is 0 Å². The van der Waals surface area contributed by atoms with E-state index in [9.17, 15) is 8.42 Å². The second-order valence-corrected chi connectivity index (χ2v) is 8.23. The molecule has 0 saturated heterocycles. The van der Waals surface area contributed by atoms with E-state index >= 15 is 0 Å². The minimum atomic E-state index is -3.67. The van der Waals surface area contributed by atoms with Gasteiger partial charge in [0, 0.05) is 19.3 Å². The van der Waals surface area contributed by atoms with E-state index in [2.05, 4.69) is 5.10 Å². The van der Waals surface area contributed by atoms with Crippen molar-refractivity contribution in [3.63, 3.8) is 0 Å². The Kier molecular flexibility index (Phi) is 5.12. The predicted octanol–water partition coefficient (Wildman–Crippen LogP) is 2.82. The molecule has 0 atom stereocenters. The van der Waals surface area contributed by atoms with Gasteiger partial charge in [-0.3, -0.25) is 8.99 Å². The molecule has 22 heavy (non-hydrogen) atoms. The van der Waals surface area contributed by atoms with E-state index in [1.165, 1.54) is 11.4 Å². The number of rotatable bonds is 7. The van der Waals surface area contributed by atoms with Gasteiger partial charge in [0.25, 0.3) is 10.0 Å². The molecule has 2 heterocycles. The highest BCUT2D eigenvalue weighted by Crippen LogP contribution is 2.34. The Morgan fingerprint density at radius 3 is 2.73 bits per heavy atom. The summed E-state index contributed by atoms with van der Waals surface area (Å²) in [5.74, 6) is 0.562. The molecule has 0 aliphatic carbocycles. The first-order valence-electron chi connectivity index (χ1n) is 7.06. The fraction of sp³-hybridized carbons (Fsp3) is 0.500. The molecule has 0 amide bonds. The molecule has 0 aromatic carbocycles. The SMILES string of the molecule is CCn1cc(N(CC(C)C)S(=O)(=O)c2sccc2OC)cn1. The fourth-order valence-electron chi connectivity index (χ4n) is 2.05. The second-order valence-electron chi connectivity index (χ2n) is 5.26. The van der Waals surface area contributed by atoms with E-state index in [1.54, 1.807) is 28.5 Å². The van der Waals surface area contributed by atoms with Gasteiger partial charge in [0.05, 0.1) is 19.0 Å². The largest absolute Gasteiger partial charge is 0.494 e. The van der Waals surface area contributed by atoms with Crippen molar-refractivity contribution >= 4 is 27.0 Å². The number of hydrogen-bond donors (Lipinski definition) is 0. The third-order valence-corrected chi connectivity index (χ3v) is 6.32. The first-order valence-corrected chi connectivity index (χ1v) is 9.38. The van der Waals surface area contributed by atoms with Crippen LogP contribution in [0, 0.1) is 5.92 Å². The van der Waals surface area contributed by atoms with Crippen LogP contribution in [0.4, 0.5) is 5.69 Å². The molecule has 122 valence electrons. The number of nitrogens with zero attached hydrogens (tertiary/aromatic N) is 3. The number of thiophene rings is 1. The van der Waals surface area contributed by atoms with Gasteiger partial charge in [-0.2, -0.15) is 5.10 Å². The third kappa shape index (κ3) is 3.27. The van der Waals surface area contributed by atoms with E-state index in [1.807, 2.05) is 20.8 Å². The molecule has 0 radical (unpaired) electrons. The van der Waals surface area contributed by atoms with E-state index < -0.39 is 10.0 Å². The minimum Gasteiger partial charge on any atom is -0.494 e. The zero-order valence-electron chi connectivity index (χ0n) is 13.2. The molecule has 0 aliphatic heterocycles. The highest BCUT2D eigenvalue weighted by molar-refractivity contribution is 7.94. The summed E-state index contributed by atoms with van der Waals surface area (Å²) < 4.78 is 34.6. The molecule has 0 N–H and O–H groups in total. The maximum Gasteiger partial charge on any atom is 0.277 e. The number of aromatic nitrogens is 2. The zero-order chi connectivity index (χ0) is 16.3. The summed E-state index contributed by atoms with van der Waals surface area (Å²) in [5.41, 5.74) is 0.575. The van der Waals surface area contributed by atoms with Gasteiger partial charge < -0.3 is 4.74 Å². The minimum absolute atomic E-state index is 0.186. The summed E-state index contributed by atoms with van der Waals surface area (Å²) >= 11 is 1.16. The van der Waals surface area contributed by atoms with Crippen molar-refractivity contribution in [2.75, 3.05) is 18.0 Å². The van der Waals surface area contributed by atoms with Gasteiger partial charge in [-0.1, -0.05) is 13.8 Å². The maximum atomic E-state index is 13.0. The highest BCUT2D eigenvalue weighted by Gasteiger charge is 2.30. The second kappa shape index (κ2) is 6.70. The van der Waals surface area contributed by atoms with Crippen molar-refractivity contribution < 1.29 is 13.2 Å². The van der Waals surface area contributed by atoms with Gasteiger partial charge in [0.2, 0.25) is 0 Å². The molecule has 2 aromatic rings. The molecule has 0 saturated carbocycles. The smallest absolute Gasteiger partial charge is 0.277 e. The average Bonchev–Trinajstić information content (AvgIpc) is 3.12. The van der Waals surface area contributed by atoms with Crippen molar-refractivity contribution in [2.45, 2.75) is 31.5 Å². The summed E-state index contributed by atoms with van der Waals surface area (Å²) in [6.07, 6.45) is 3.34. The van der Waals surface area contributed by atoms with Crippen LogP contribution in [-0.4, -0.2) is 31.9 Å². The third-order valence-electron chi connectivity index (χ3n) is 3.10. The molecule has 0 unspecified atom stereocenters. The number of hydrogen-bond acceptors (Lipinski definition) is 5. The van der Waals surface area contributed by atoms with Crippen LogP contribution in [0.3, 0.4) is 0 Å². The fourth-order valence-corrected chi connectivity index (χ4v) is 5.03. The quantitative estimate of drug-likeness (QED) is 0.775. The van der Waals surface area contributed by atoms with Crippen molar-refractivity contribution in [1.82, 2.24) is 9.78 Å².